The molecule has 0 aliphatic carbocycles. The van der Waals surface area contributed by atoms with E-state index >= 15 is 0 Å². The van der Waals surface area contributed by atoms with Gasteiger partial charge < -0.3 is 23.7 Å². The number of carbonyl (C=O) groups is 2. The molecule has 0 radical (unpaired) electrons. The zero-order chi connectivity index (χ0) is 17.9. The summed E-state index contributed by atoms with van der Waals surface area (Å²) in [5.74, 6) is 0.0375. The van der Waals surface area contributed by atoms with Crippen LogP contribution < -0.4 is 14.2 Å². The zero-order valence-electron chi connectivity index (χ0n) is 14.5. The highest BCUT2D eigenvalue weighted by Crippen LogP contribution is 2.42. The van der Waals surface area contributed by atoms with Gasteiger partial charge in [0.15, 0.2) is 11.5 Å². The molecule has 0 aromatic heterocycles. The smallest absolute Gasteiger partial charge is 0.313 e. The Bertz CT molecular complexity index is 600. The van der Waals surface area contributed by atoms with Crippen molar-refractivity contribution >= 4 is 11.9 Å². The minimum absolute atomic E-state index is 0.366. The first-order valence-corrected chi connectivity index (χ1v) is 7.58. The van der Waals surface area contributed by atoms with Crippen molar-refractivity contribution in [3.8, 4) is 17.2 Å². The van der Waals surface area contributed by atoms with Crippen LogP contribution in [0.25, 0.3) is 0 Å². The maximum absolute atomic E-state index is 12.1. The summed E-state index contributed by atoms with van der Waals surface area (Å²) >= 11 is 0. The topological polar surface area (TPSA) is 80.3 Å². The fourth-order valence-corrected chi connectivity index (χ4v) is 2.72. The molecule has 2 rings (SSSR count). The Morgan fingerprint density at radius 1 is 1.12 bits per heavy atom. The van der Waals surface area contributed by atoms with E-state index in [-0.39, 0.29) is 0 Å². The van der Waals surface area contributed by atoms with Crippen molar-refractivity contribution in [2.45, 2.75) is 32.5 Å². The molecule has 7 nitrogen and oxygen atoms in total. The molecule has 3 unspecified atom stereocenters. The lowest BCUT2D eigenvalue weighted by molar-refractivity contribution is -0.177. The van der Waals surface area contributed by atoms with Crippen molar-refractivity contribution < 1.29 is 33.3 Å². The molecule has 1 aromatic carbocycles. The third kappa shape index (κ3) is 3.55. The molecule has 1 heterocycles. The Balaban J connectivity index is 2.36. The summed E-state index contributed by atoms with van der Waals surface area (Å²) < 4.78 is 26.7. The Kier molecular flexibility index (Phi) is 5.54. The van der Waals surface area contributed by atoms with E-state index < -0.39 is 30.1 Å². The number of ether oxygens (including phenoxy) is 5. The molecule has 0 bridgehead atoms. The van der Waals surface area contributed by atoms with E-state index in [0.29, 0.717) is 29.2 Å². The SMILES string of the molecule is COc1cc(C2CC(OC(C)=O)C(C)C(=O)O2)cc(OC)c1OC. The van der Waals surface area contributed by atoms with Crippen LogP contribution in [0.1, 0.15) is 31.9 Å². The second-order valence-corrected chi connectivity index (χ2v) is 5.56. The van der Waals surface area contributed by atoms with Gasteiger partial charge in [-0.25, -0.2) is 0 Å². The fourth-order valence-electron chi connectivity index (χ4n) is 2.72. The molecule has 0 spiro atoms. The molecule has 132 valence electrons. The second kappa shape index (κ2) is 7.42. The van der Waals surface area contributed by atoms with Gasteiger partial charge in [-0.05, 0) is 19.1 Å². The summed E-state index contributed by atoms with van der Waals surface area (Å²) in [4.78, 5) is 23.4. The minimum atomic E-state index is -0.563. The lowest BCUT2D eigenvalue weighted by Crippen LogP contribution is -2.38. The van der Waals surface area contributed by atoms with Crippen molar-refractivity contribution in [3.63, 3.8) is 0 Å². The average Bonchev–Trinajstić information content (AvgIpc) is 2.56. The predicted octanol–water partition coefficient (Wildman–Crippen LogP) is 2.27. The van der Waals surface area contributed by atoms with E-state index in [0.717, 1.165) is 0 Å². The van der Waals surface area contributed by atoms with E-state index in [2.05, 4.69) is 0 Å². The average molecular weight is 338 g/mol. The van der Waals surface area contributed by atoms with Crippen LogP contribution in [0.15, 0.2) is 12.1 Å². The molecule has 0 saturated carbocycles. The van der Waals surface area contributed by atoms with E-state index in [9.17, 15) is 9.59 Å². The molecule has 0 amide bonds. The van der Waals surface area contributed by atoms with Gasteiger partial charge in [-0.2, -0.15) is 0 Å². The normalized spacial score (nSPS) is 23.2. The number of hydrogen-bond acceptors (Lipinski definition) is 7. The maximum Gasteiger partial charge on any atom is 0.313 e. The van der Waals surface area contributed by atoms with E-state index in [4.69, 9.17) is 23.7 Å². The Labute approximate surface area is 140 Å². The first-order valence-electron chi connectivity index (χ1n) is 7.58. The molecule has 1 fully saturated rings. The third-order valence-electron chi connectivity index (χ3n) is 4.01. The Hall–Kier alpha value is -2.44. The van der Waals surface area contributed by atoms with Gasteiger partial charge in [0.2, 0.25) is 5.75 Å². The van der Waals surface area contributed by atoms with Crippen LogP contribution in [0.5, 0.6) is 17.2 Å². The molecule has 1 aliphatic heterocycles. The minimum Gasteiger partial charge on any atom is -0.493 e. The summed E-state index contributed by atoms with van der Waals surface area (Å²) in [5.41, 5.74) is 0.682. The maximum atomic E-state index is 12.1. The number of carbonyl (C=O) groups excluding carboxylic acids is 2. The molecule has 0 N–H and O–H groups in total. The van der Waals surface area contributed by atoms with Gasteiger partial charge in [-0.15, -0.1) is 0 Å². The lowest BCUT2D eigenvalue weighted by Gasteiger charge is -2.33. The highest BCUT2D eigenvalue weighted by Gasteiger charge is 2.38. The second-order valence-electron chi connectivity index (χ2n) is 5.56. The molecular formula is C17H22O7. The summed E-state index contributed by atoms with van der Waals surface area (Å²) in [5, 5.41) is 0. The summed E-state index contributed by atoms with van der Waals surface area (Å²) in [6, 6.07) is 3.44. The molecule has 24 heavy (non-hydrogen) atoms. The van der Waals surface area contributed by atoms with E-state index in [1.54, 1.807) is 19.1 Å². The number of rotatable bonds is 5. The fraction of sp³-hybridized carbons (Fsp3) is 0.529. The van der Waals surface area contributed by atoms with Gasteiger partial charge in [0.05, 0.1) is 27.2 Å². The Morgan fingerprint density at radius 2 is 1.71 bits per heavy atom. The zero-order valence-corrected chi connectivity index (χ0v) is 14.5. The van der Waals surface area contributed by atoms with Crippen molar-refractivity contribution in [1.82, 2.24) is 0 Å². The molecule has 1 aromatic rings. The van der Waals surface area contributed by atoms with Crippen molar-refractivity contribution in [2.24, 2.45) is 5.92 Å². The highest BCUT2D eigenvalue weighted by molar-refractivity contribution is 5.75. The van der Waals surface area contributed by atoms with E-state index in [1.807, 2.05) is 0 Å². The lowest BCUT2D eigenvalue weighted by atomic mass is 9.92. The Morgan fingerprint density at radius 3 is 2.17 bits per heavy atom. The number of benzene rings is 1. The number of hydrogen-bond donors (Lipinski definition) is 0. The monoisotopic (exact) mass is 338 g/mol. The van der Waals surface area contributed by atoms with Crippen molar-refractivity contribution in [2.75, 3.05) is 21.3 Å². The standard InChI is InChI=1S/C17H22O7/c1-9-12(23-10(2)18)8-13(24-17(9)19)11-6-14(20-3)16(22-5)15(7-11)21-4/h6-7,9,12-13H,8H2,1-5H3. The van der Waals surface area contributed by atoms with Gasteiger partial charge in [-0.3, -0.25) is 9.59 Å². The molecule has 7 heteroatoms. The van der Waals surface area contributed by atoms with Crippen LogP contribution in [0.4, 0.5) is 0 Å². The summed E-state index contributed by atoms with van der Waals surface area (Å²) in [6.07, 6.45) is -0.731. The van der Waals surface area contributed by atoms with Gasteiger partial charge in [0, 0.05) is 18.9 Å². The van der Waals surface area contributed by atoms with Crippen LogP contribution in [-0.2, 0) is 19.1 Å². The first kappa shape index (κ1) is 17.9. The largest absolute Gasteiger partial charge is 0.493 e. The van der Waals surface area contributed by atoms with E-state index in [1.165, 1.54) is 28.3 Å². The summed E-state index contributed by atoms with van der Waals surface area (Å²) in [7, 11) is 4.54. The van der Waals surface area contributed by atoms with Gasteiger partial charge in [0.25, 0.3) is 0 Å². The molecular weight excluding hydrogens is 316 g/mol. The number of methoxy groups -OCH3 is 3. The van der Waals surface area contributed by atoms with Crippen molar-refractivity contribution in [3.05, 3.63) is 17.7 Å². The van der Waals surface area contributed by atoms with Gasteiger partial charge in [-0.1, -0.05) is 0 Å². The third-order valence-corrected chi connectivity index (χ3v) is 4.01. The van der Waals surface area contributed by atoms with Gasteiger partial charge in [0.1, 0.15) is 12.2 Å². The van der Waals surface area contributed by atoms with Crippen LogP contribution in [0.2, 0.25) is 0 Å². The predicted molar refractivity (Wildman–Crippen MR) is 84.3 cm³/mol. The van der Waals surface area contributed by atoms with Crippen LogP contribution in [0, 0.1) is 5.92 Å². The molecule has 1 aliphatic rings. The molecule has 3 atom stereocenters. The van der Waals surface area contributed by atoms with Crippen molar-refractivity contribution in [1.29, 1.82) is 0 Å². The highest BCUT2D eigenvalue weighted by atomic mass is 16.6. The van der Waals surface area contributed by atoms with Crippen LogP contribution in [0.3, 0.4) is 0 Å². The van der Waals surface area contributed by atoms with Gasteiger partial charge >= 0.3 is 11.9 Å². The number of esters is 2. The first-order chi connectivity index (χ1) is 11.4. The van der Waals surface area contributed by atoms with Crippen LogP contribution in [-0.4, -0.2) is 39.4 Å². The van der Waals surface area contributed by atoms with Crippen LogP contribution >= 0.6 is 0 Å². The quantitative estimate of drug-likeness (QED) is 0.762. The molecule has 1 saturated heterocycles. The summed E-state index contributed by atoms with van der Waals surface area (Å²) in [6.45, 7) is 3.00. The number of cyclic esters (lactones) is 1.